The lowest BCUT2D eigenvalue weighted by Gasteiger charge is -1.84. The van der Waals surface area contributed by atoms with Crippen molar-refractivity contribution < 1.29 is 0 Å². The van der Waals surface area contributed by atoms with E-state index in [2.05, 4.69) is 31.2 Å². The fourth-order valence-corrected chi connectivity index (χ4v) is 3.22. The van der Waals surface area contributed by atoms with Gasteiger partial charge in [0.05, 0.1) is 8.07 Å². The molecule has 0 rings (SSSR count). The number of hydrogen-bond acceptors (Lipinski definition) is 1. The van der Waals surface area contributed by atoms with Gasteiger partial charge in [0.15, 0.2) is 7.71 Å². The number of rotatable bonds is 1. The fourth-order valence-electron chi connectivity index (χ4n) is 0.358. The molecule has 0 bridgehead atoms. The van der Waals surface area contributed by atoms with Gasteiger partial charge in [-0.2, -0.15) is 0 Å². The van der Waals surface area contributed by atoms with Gasteiger partial charge in [-0.1, -0.05) is 4.52 Å². The van der Waals surface area contributed by atoms with Gasteiger partial charge >= 0.3 is 0 Å². The molecule has 0 aliphatic carbocycles. The third kappa shape index (κ3) is 6.53. The van der Waals surface area contributed by atoms with Gasteiger partial charge < -0.3 is 0 Å². The van der Waals surface area contributed by atoms with Gasteiger partial charge in [-0.3, -0.25) is 0 Å². The highest BCUT2D eigenvalue weighted by Gasteiger charge is 1.92. The Kier molecular flexibility index (Phi) is 3.79. The second-order valence-corrected chi connectivity index (χ2v) is 5.89. The molecule has 0 heterocycles. The van der Waals surface area contributed by atoms with Gasteiger partial charge in [0.25, 0.3) is 0 Å². The molecular weight excluding hydrogens is 124 g/mol. The molecule has 3 heteroatoms. The van der Waals surface area contributed by atoms with Crippen molar-refractivity contribution in [3.8, 4) is 0 Å². The summed E-state index contributed by atoms with van der Waals surface area (Å²) < 4.78 is 4.41. The average molecular weight is 136 g/mol. The largest absolute Gasteiger partial charge is 0.197 e. The average Bonchev–Trinajstić information content (AvgIpc) is 1.27. The van der Waals surface area contributed by atoms with Crippen molar-refractivity contribution in [2.45, 2.75) is 0 Å². The lowest BCUT2D eigenvalue weighted by molar-refractivity contribution is 1.88. The molecule has 0 aromatic heterocycles. The van der Waals surface area contributed by atoms with Crippen molar-refractivity contribution in [2.75, 3.05) is 26.7 Å². The first-order valence-electron chi connectivity index (χ1n) is 2.19. The highest BCUT2D eigenvalue weighted by molar-refractivity contribution is 7.62. The molecule has 0 unspecified atom stereocenters. The van der Waals surface area contributed by atoms with Crippen molar-refractivity contribution >= 4 is 15.8 Å². The molecule has 0 spiro atoms. The summed E-state index contributed by atoms with van der Waals surface area (Å²) in [5.74, 6) is 0. The topological polar surface area (TPSA) is 12.4 Å². The first-order chi connectivity index (χ1) is 3.13. The monoisotopic (exact) mass is 136 g/mol. The molecule has 0 aliphatic heterocycles. The lowest BCUT2D eigenvalue weighted by Crippen LogP contribution is -1.53. The van der Waals surface area contributed by atoms with Gasteiger partial charge in [-0.25, -0.2) is 0 Å². The van der Waals surface area contributed by atoms with E-state index < -0.39 is 0 Å². The molecule has 0 fully saturated rings. The van der Waals surface area contributed by atoms with E-state index in [9.17, 15) is 0 Å². The zero-order chi connectivity index (χ0) is 5.86. The normalized spacial score (nSPS) is 9.29. The summed E-state index contributed by atoms with van der Waals surface area (Å²) in [5, 5.41) is 0. The molecule has 0 atom stereocenters. The van der Waals surface area contributed by atoms with Crippen molar-refractivity contribution in [2.24, 2.45) is 4.52 Å². The van der Waals surface area contributed by atoms with Crippen LogP contribution < -0.4 is 0 Å². The third-order valence-electron chi connectivity index (χ3n) is 0.358. The summed E-state index contributed by atoms with van der Waals surface area (Å²) in [7, 11) is 0.0278. The van der Waals surface area contributed by atoms with Gasteiger partial charge in [0.1, 0.15) is 13.3 Å². The first kappa shape index (κ1) is 7.53. The van der Waals surface area contributed by atoms with Crippen LogP contribution in [0.1, 0.15) is 0 Å². The third-order valence-corrected chi connectivity index (χ3v) is 3.22. The van der Waals surface area contributed by atoms with Crippen LogP contribution in [0.2, 0.25) is 0 Å². The minimum Gasteiger partial charge on any atom is -0.0909 e. The zero-order valence-corrected chi connectivity index (χ0v) is 7.13. The maximum atomic E-state index is 4.41. The minimum absolute atomic E-state index is 0.0139. The maximum Gasteiger partial charge on any atom is 0.197 e. The van der Waals surface area contributed by atoms with Crippen LogP contribution in [0.15, 0.2) is 4.52 Å². The van der Waals surface area contributed by atoms with Crippen LogP contribution in [0.25, 0.3) is 0 Å². The summed E-state index contributed by atoms with van der Waals surface area (Å²) in [6.45, 7) is 8.71. The van der Waals surface area contributed by atoms with E-state index in [0.717, 1.165) is 0 Å². The minimum atomic E-state index is 0.0139. The summed E-state index contributed by atoms with van der Waals surface area (Å²) in [6.07, 6.45) is 0. The molecule has 0 radical (unpaired) electrons. The number of nitrogens with zero attached hydrogens (tertiary/aromatic N) is 1. The molecule has 1 nitrogen and oxygen atoms in total. The van der Waals surface area contributed by atoms with Crippen molar-refractivity contribution in [3.05, 3.63) is 0 Å². The highest BCUT2D eigenvalue weighted by Crippen LogP contribution is 2.34. The van der Waals surface area contributed by atoms with Crippen LogP contribution in [0.5, 0.6) is 0 Å². The zero-order valence-electron chi connectivity index (χ0n) is 5.34. The first-order valence-corrected chi connectivity index (χ1v) is 6.57. The molecule has 0 saturated heterocycles. The Morgan fingerprint density at radius 3 is 1.71 bits per heavy atom. The van der Waals surface area contributed by atoms with E-state index in [4.69, 9.17) is 0 Å². The summed E-state index contributed by atoms with van der Waals surface area (Å²) in [5.41, 5.74) is 0. The molecule has 0 saturated carbocycles. The van der Waals surface area contributed by atoms with E-state index in [1.165, 1.54) is 0 Å². The number of hydrogen-bond donors (Lipinski definition) is 0. The van der Waals surface area contributed by atoms with Gasteiger partial charge in [0.2, 0.25) is 0 Å². The summed E-state index contributed by atoms with van der Waals surface area (Å²) in [4.78, 5) is 0. The second kappa shape index (κ2) is 3.52. The van der Waals surface area contributed by atoms with Gasteiger partial charge in [-0.15, -0.1) is 0 Å². The Bertz CT molecular complexity index is 73.8. The standard InChI is InChI=1S/C4H12NP2/c1-6(2)5-7(3)4/h1-4H3/q+1. The Morgan fingerprint density at radius 1 is 1.29 bits per heavy atom. The van der Waals surface area contributed by atoms with E-state index in [0.29, 0.717) is 0 Å². The predicted octanol–water partition coefficient (Wildman–Crippen LogP) is 2.57. The Balaban J connectivity index is 3.45. The van der Waals surface area contributed by atoms with Crippen LogP contribution in [-0.4, -0.2) is 26.7 Å². The van der Waals surface area contributed by atoms with E-state index in [1.54, 1.807) is 0 Å². The Labute approximate surface area is 47.8 Å². The summed E-state index contributed by atoms with van der Waals surface area (Å²) in [6, 6.07) is 0. The van der Waals surface area contributed by atoms with Crippen LogP contribution >= 0.6 is 15.8 Å². The van der Waals surface area contributed by atoms with Crippen LogP contribution in [0.3, 0.4) is 0 Å². The molecule has 0 N–H and O–H groups in total. The fraction of sp³-hybridized carbons (Fsp3) is 1.00. The Morgan fingerprint density at radius 2 is 1.71 bits per heavy atom. The van der Waals surface area contributed by atoms with E-state index >= 15 is 0 Å². The molecule has 0 aromatic carbocycles. The SMILES string of the molecule is CP(C)N=[P+](C)C. The van der Waals surface area contributed by atoms with E-state index in [1.807, 2.05) is 0 Å². The van der Waals surface area contributed by atoms with Crippen molar-refractivity contribution in [1.82, 2.24) is 0 Å². The van der Waals surface area contributed by atoms with Gasteiger partial charge in [0, 0.05) is 0 Å². The van der Waals surface area contributed by atoms with Crippen molar-refractivity contribution in [1.29, 1.82) is 0 Å². The lowest BCUT2D eigenvalue weighted by atomic mass is 11.9. The molecule has 0 aliphatic rings. The molecule has 7 heavy (non-hydrogen) atoms. The molecular formula is C4H12NP2+. The maximum absolute atomic E-state index is 4.41. The molecule has 42 valence electrons. The molecule has 0 amide bonds. The van der Waals surface area contributed by atoms with Gasteiger partial charge in [-0.05, 0) is 13.3 Å². The highest BCUT2D eigenvalue weighted by atomic mass is 31.2. The van der Waals surface area contributed by atoms with E-state index in [-0.39, 0.29) is 15.8 Å². The summed E-state index contributed by atoms with van der Waals surface area (Å²) >= 11 is 0. The quantitative estimate of drug-likeness (QED) is 0.491. The van der Waals surface area contributed by atoms with Crippen LogP contribution in [0, 0.1) is 0 Å². The molecule has 0 aromatic rings. The smallest absolute Gasteiger partial charge is 0.0909 e. The van der Waals surface area contributed by atoms with Crippen molar-refractivity contribution in [3.63, 3.8) is 0 Å². The predicted molar refractivity (Wildman–Crippen MR) is 40.0 cm³/mol. The second-order valence-electron chi connectivity index (χ2n) is 1.78. The Hall–Kier alpha value is 0.530. The van der Waals surface area contributed by atoms with Crippen LogP contribution in [-0.2, 0) is 0 Å². The van der Waals surface area contributed by atoms with Crippen LogP contribution in [0.4, 0.5) is 0 Å².